The molecule has 1 aliphatic carbocycles. The lowest BCUT2D eigenvalue weighted by molar-refractivity contribution is 0.0947. The number of carbonyl (C=O) groups excluding carboxylic acids is 1. The van der Waals surface area contributed by atoms with E-state index in [4.69, 9.17) is 21.3 Å². The van der Waals surface area contributed by atoms with Gasteiger partial charge in [-0.1, -0.05) is 49.1 Å². The van der Waals surface area contributed by atoms with Crippen molar-refractivity contribution in [1.29, 1.82) is 0 Å². The topological polar surface area (TPSA) is 56.1 Å². The van der Waals surface area contributed by atoms with Crippen molar-refractivity contribution >= 4 is 28.8 Å². The third-order valence-electron chi connectivity index (χ3n) is 6.16. The fraction of sp³-hybridized carbons (Fsp3) is 0.440. The first-order valence-corrected chi connectivity index (χ1v) is 12.6. The van der Waals surface area contributed by atoms with E-state index in [1.54, 1.807) is 18.4 Å². The predicted octanol–water partition coefficient (Wildman–Crippen LogP) is 6.51. The average Bonchev–Trinajstić information content (AvgIpc) is 3.42. The van der Waals surface area contributed by atoms with Crippen LogP contribution in [-0.2, 0) is 4.74 Å². The molecule has 2 aromatic heterocycles. The van der Waals surface area contributed by atoms with Crippen molar-refractivity contribution in [1.82, 2.24) is 14.9 Å². The molecule has 3 aromatic rings. The molecular weight excluding hydrogens is 442 g/mol. The summed E-state index contributed by atoms with van der Waals surface area (Å²) in [7, 11) is 1.67. The molecule has 0 spiro atoms. The molecule has 0 saturated heterocycles. The number of nitrogens with zero attached hydrogens (tertiary/aromatic N) is 2. The molecular formula is C25H30ClN3O2S. The number of benzene rings is 1. The van der Waals surface area contributed by atoms with Gasteiger partial charge in [0.15, 0.2) is 0 Å². The molecule has 2 heterocycles. The summed E-state index contributed by atoms with van der Waals surface area (Å²) in [6.45, 7) is 3.30. The average molecular weight is 472 g/mol. The van der Waals surface area contributed by atoms with E-state index in [1.807, 2.05) is 30.3 Å². The maximum absolute atomic E-state index is 13.0. The molecule has 0 atom stereocenters. The van der Waals surface area contributed by atoms with E-state index in [0.717, 1.165) is 52.5 Å². The predicted molar refractivity (Wildman–Crippen MR) is 132 cm³/mol. The van der Waals surface area contributed by atoms with Gasteiger partial charge in [-0.15, -0.1) is 11.3 Å². The zero-order chi connectivity index (χ0) is 22.5. The number of amides is 1. The van der Waals surface area contributed by atoms with Crippen LogP contribution in [0.3, 0.4) is 0 Å². The van der Waals surface area contributed by atoms with Gasteiger partial charge < -0.3 is 14.6 Å². The van der Waals surface area contributed by atoms with E-state index in [1.165, 1.54) is 19.3 Å². The number of carbonyl (C=O) groups is 1. The quantitative estimate of drug-likeness (QED) is 0.381. The van der Waals surface area contributed by atoms with Crippen molar-refractivity contribution in [2.45, 2.75) is 51.5 Å². The molecule has 1 N–H and O–H groups in total. The maximum atomic E-state index is 13.0. The summed E-state index contributed by atoms with van der Waals surface area (Å²) in [5.41, 5.74) is 4.61. The molecule has 0 radical (unpaired) electrons. The highest BCUT2D eigenvalue weighted by Crippen LogP contribution is 2.38. The van der Waals surface area contributed by atoms with E-state index < -0.39 is 0 Å². The lowest BCUT2D eigenvalue weighted by Crippen LogP contribution is -2.26. The third-order valence-corrected chi connectivity index (χ3v) is 7.36. The van der Waals surface area contributed by atoms with Crippen LogP contribution >= 0.6 is 22.9 Å². The molecule has 1 aromatic carbocycles. The second-order valence-electron chi connectivity index (χ2n) is 8.31. The monoisotopic (exact) mass is 471 g/mol. The van der Waals surface area contributed by atoms with E-state index in [2.05, 4.69) is 22.2 Å². The Morgan fingerprint density at radius 1 is 1.28 bits per heavy atom. The minimum atomic E-state index is -0.0315. The van der Waals surface area contributed by atoms with E-state index >= 15 is 0 Å². The van der Waals surface area contributed by atoms with Crippen molar-refractivity contribution < 1.29 is 9.53 Å². The first-order chi connectivity index (χ1) is 15.6. The lowest BCUT2D eigenvalue weighted by atomic mass is 9.95. The first kappa shape index (κ1) is 23.0. The van der Waals surface area contributed by atoms with E-state index in [-0.39, 0.29) is 5.91 Å². The van der Waals surface area contributed by atoms with Gasteiger partial charge in [0.1, 0.15) is 5.01 Å². The van der Waals surface area contributed by atoms with Crippen molar-refractivity contribution in [3.63, 3.8) is 0 Å². The molecule has 0 aliphatic heterocycles. The Bertz CT molecular complexity index is 1070. The van der Waals surface area contributed by atoms with Crippen LogP contribution in [0.2, 0.25) is 5.02 Å². The Morgan fingerprint density at radius 3 is 2.81 bits per heavy atom. The largest absolute Gasteiger partial charge is 0.385 e. The van der Waals surface area contributed by atoms with Crippen LogP contribution in [0.25, 0.3) is 22.0 Å². The lowest BCUT2D eigenvalue weighted by Gasteiger charge is -2.26. The van der Waals surface area contributed by atoms with Gasteiger partial charge in [-0.05, 0) is 38.3 Å². The molecule has 0 unspecified atom stereocenters. The molecule has 7 heteroatoms. The molecule has 0 bridgehead atoms. The summed E-state index contributed by atoms with van der Waals surface area (Å²) >= 11 is 8.00. The van der Waals surface area contributed by atoms with Gasteiger partial charge in [-0.2, -0.15) is 0 Å². The molecule has 1 saturated carbocycles. The fourth-order valence-corrected chi connectivity index (χ4v) is 5.66. The number of rotatable bonds is 8. The van der Waals surface area contributed by atoms with Crippen molar-refractivity contribution in [2.75, 3.05) is 20.3 Å². The van der Waals surface area contributed by atoms with E-state index in [9.17, 15) is 4.79 Å². The minimum absolute atomic E-state index is 0.0315. The van der Waals surface area contributed by atoms with Gasteiger partial charge in [0.05, 0.1) is 22.0 Å². The van der Waals surface area contributed by atoms with Crippen LogP contribution in [0.5, 0.6) is 0 Å². The van der Waals surface area contributed by atoms with Gasteiger partial charge in [-0.3, -0.25) is 4.79 Å². The van der Waals surface area contributed by atoms with Crippen LogP contribution in [0, 0.1) is 6.92 Å². The zero-order valence-corrected chi connectivity index (χ0v) is 20.3. The number of hydrogen-bond donors (Lipinski definition) is 1. The molecule has 1 aliphatic rings. The Hall–Kier alpha value is -2.15. The SMILES string of the molecule is COCCCNC(=O)c1cc(-c2csc(-c3ccccc3Cl)n2)n(C2CCCCC2)c1C. The summed E-state index contributed by atoms with van der Waals surface area (Å²) < 4.78 is 7.44. The summed E-state index contributed by atoms with van der Waals surface area (Å²) in [5.74, 6) is -0.0315. The number of hydrogen-bond acceptors (Lipinski definition) is 4. The highest BCUT2D eigenvalue weighted by atomic mass is 35.5. The Balaban J connectivity index is 1.69. The van der Waals surface area contributed by atoms with E-state index in [0.29, 0.717) is 24.2 Å². The normalized spacial score (nSPS) is 14.6. The van der Waals surface area contributed by atoms with Crippen LogP contribution in [0.4, 0.5) is 0 Å². The second kappa shape index (κ2) is 10.6. The number of halogens is 1. The fourth-order valence-electron chi connectivity index (χ4n) is 4.52. The summed E-state index contributed by atoms with van der Waals surface area (Å²) in [4.78, 5) is 17.9. The third kappa shape index (κ3) is 4.92. The van der Waals surface area contributed by atoms with Crippen molar-refractivity contribution in [3.05, 3.63) is 52.0 Å². The molecule has 32 heavy (non-hydrogen) atoms. The summed E-state index contributed by atoms with van der Waals surface area (Å²) in [6.07, 6.45) is 6.80. The minimum Gasteiger partial charge on any atom is -0.385 e. The maximum Gasteiger partial charge on any atom is 0.253 e. The number of nitrogens with one attached hydrogen (secondary N) is 1. The van der Waals surface area contributed by atoms with Crippen LogP contribution in [0.1, 0.15) is 60.6 Å². The van der Waals surface area contributed by atoms with Crippen molar-refractivity contribution in [3.8, 4) is 22.0 Å². The van der Waals surface area contributed by atoms with Gasteiger partial charge in [0, 0.05) is 42.9 Å². The standard InChI is InChI=1S/C25H30ClN3O2S/c1-17-20(24(30)27-13-8-14-31-2)15-23(29(17)18-9-4-3-5-10-18)22-16-32-25(28-22)19-11-6-7-12-21(19)26/h6-7,11-12,15-16,18H,3-5,8-10,13-14H2,1-2H3,(H,27,30). The van der Waals surface area contributed by atoms with Crippen molar-refractivity contribution in [2.24, 2.45) is 0 Å². The Kier molecular flexibility index (Phi) is 7.66. The van der Waals surface area contributed by atoms with Gasteiger partial charge in [0.25, 0.3) is 5.91 Å². The summed E-state index contributed by atoms with van der Waals surface area (Å²) in [6, 6.07) is 10.2. The van der Waals surface area contributed by atoms with Gasteiger partial charge in [-0.25, -0.2) is 4.98 Å². The van der Waals surface area contributed by atoms with Crippen LogP contribution < -0.4 is 5.32 Å². The highest BCUT2D eigenvalue weighted by Gasteiger charge is 2.26. The number of thiazole rings is 1. The highest BCUT2D eigenvalue weighted by molar-refractivity contribution is 7.13. The van der Waals surface area contributed by atoms with Gasteiger partial charge >= 0.3 is 0 Å². The molecule has 1 fully saturated rings. The molecule has 5 nitrogen and oxygen atoms in total. The second-order valence-corrected chi connectivity index (χ2v) is 9.58. The first-order valence-electron chi connectivity index (χ1n) is 11.3. The summed E-state index contributed by atoms with van der Waals surface area (Å²) in [5, 5.41) is 6.71. The number of ether oxygens (including phenoxy) is 1. The molecule has 4 rings (SSSR count). The number of methoxy groups -OCH3 is 1. The zero-order valence-electron chi connectivity index (χ0n) is 18.7. The molecule has 1 amide bonds. The Labute approximate surface area is 198 Å². The molecule has 170 valence electrons. The Morgan fingerprint density at radius 2 is 2.06 bits per heavy atom. The van der Waals surface area contributed by atoms with Crippen LogP contribution in [0.15, 0.2) is 35.7 Å². The number of aromatic nitrogens is 2. The van der Waals surface area contributed by atoms with Crippen LogP contribution in [-0.4, -0.2) is 35.7 Å². The smallest absolute Gasteiger partial charge is 0.253 e. The van der Waals surface area contributed by atoms with Gasteiger partial charge in [0.2, 0.25) is 0 Å².